The lowest BCUT2D eigenvalue weighted by Gasteiger charge is -2.16. The Balaban J connectivity index is 2.18. The molecule has 1 aromatic carbocycles. The molecular weight excluding hydrogens is 280 g/mol. The Bertz CT molecular complexity index is 643. The Kier molecular flexibility index (Phi) is 4.77. The molecular formula is C15H20N6O. The van der Waals surface area contributed by atoms with Crippen molar-refractivity contribution in [2.24, 2.45) is 5.10 Å². The zero-order chi connectivity index (χ0) is 16.1. The van der Waals surface area contributed by atoms with Gasteiger partial charge < -0.3 is 14.9 Å². The number of nitrogens with zero attached hydrogens (tertiary/aromatic N) is 5. The molecule has 0 unspecified atom stereocenters. The van der Waals surface area contributed by atoms with Crippen molar-refractivity contribution in [1.82, 2.24) is 9.97 Å². The SMILES string of the molecule is CN(C)c1cc(NN=Cc2cccc(O)c2)nc(N(C)C)n1. The number of hydrogen-bond acceptors (Lipinski definition) is 7. The lowest BCUT2D eigenvalue weighted by molar-refractivity contribution is 0.475. The number of phenols is 1. The molecule has 0 bridgehead atoms. The van der Waals surface area contributed by atoms with Gasteiger partial charge in [0.15, 0.2) is 5.82 Å². The lowest BCUT2D eigenvalue weighted by atomic mass is 10.2. The van der Waals surface area contributed by atoms with E-state index in [1.54, 1.807) is 24.4 Å². The van der Waals surface area contributed by atoms with Gasteiger partial charge in [-0.1, -0.05) is 12.1 Å². The number of aromatic hydroxyl groups is 1. The van der Waals surface area contributed by atoms with Gasteiger partial charge in [-0.05, 0) is 17.7 Å². The number of rotatable bonds is 5. The van der Waals surface area contributed by atoms with Crippen molar-refractivity contribution in [3.8, 4) is 5.75 Å². The van der Waals surface area contributed by atoms with Gasteiger partial charge in [0.05, 0.1) is 6.21 Å². The van der Waals surface area contributed by atoms with Gasteiger partial charge in [-0.3, -0.25) is 5.43 Å². The molecule has 0 aliphatic rings. The molecule has 7 nitrogen and oxygen atoms in total. The highest BCUT2D eigenvalue weighted by molar-refractivity contribution is 5.80. The van der Waals surface area contributed by atoms with Gasteiger partial charge >= 0.3 is 0 Å². The molecule has 2 N–H and O–H groups in total. The van der Waals surface area contributed by atoms with Crippen LogP contribution >= 0.6 is 0 Å². The number of nitrogens with one attached hydrogen (secondary N) is 1. The number of benzene rings is 1. The van der Waals surface area contributed by atoms with E-state index < -0.39 is 0 Å². The molecule has 2 aromatic rings. The average Bonchev–Trinajstić information content (AvgIpc) is 2.47. The first-order valence-electron chi connectivity index (χ1n) is 6.77. The number of anilines is 3. The topological polar surface area (TPSA) is 76.9 Å². The van der Waals surface area contributed by atoms with Crippen molar-refractivity contribution in [1.29, 1.82) is 0 Å². The predicted molar refractivity (Wildman–Crippen MR) is 90.0 cm³/mol. The fourth-order valence-corrected chi connectivity index (χ4v) is 1.69. The smallest absolute Gasteiger partial charge is 0.228 e. The summed E-state index contributed by atoms with van der Waals surface area (Å²) in [4.78, 5) is 12.5. The summed E-state index contributed by atoms with van der Waals surface area (Å²) in [6.45, 7) is 0. The standard InChI is InChI=1S/C15H20N6O/c1-20(2)14-9-13(17-15(18-14)21(3)4)19-16-10-11-6-5-7-12(22)8-11/h5-10,22H,1-4H3,(H,17,18,19). The summed E-state index contributed by atoms with van der Waals surface area (Å²) >= 11 is 0. The van der Waals surface area contributed by atoms with Crippen molar-refractivity contribution in [3.63, 3.8) is 0 Å². The third-order valence-electron chi connectivity index (χ3n) is 2.82. The van der Waals surface area contributed by atoms with E-state index in [1.165, 1.54) is 0 Å². The number of phenolic OH excluding ortho intramolecular Hbond substituents is 1. The first kappa shape index (κ1) is 15.6. The van der Waals surface area contributed by atoms with E-state index in [-0.39, 0.29) is 5.75 Å². The minimum atomic E-state index is 0.204. The first-order valence-corrected chi connectivity index (χ1v) is 6.77. The molecule has 7 heteroatoms. The van der Waals surface area contributed by atoms with Gasteiger partial charge in [-0.2, -0.15) is 15.1 Å². The van der Waals surface area contributed by atoms with Crippen LogP contribution < -0.4 is 15.2 Å². The molecule has 0 atom stereocenters. The predicted octanol–water partition coefficient (Wildman–Crippen LogP) is 1.76. The second kappa shape index (κ2) is 6.75. The van der Waals surface area contributed by atoms with E-state index in [2.05, 4.69) is 20.5 Å². The largest absolute Gasteiger partial charge is 0.508 e. The van der Waals surface area contributed by atoms with Crippen molar-refractivity contribution >= 4 is 23.8 Å². The molecule has 0 amide bonds. The molecule has 0 saturated heterocycles. The zero-order valence-electron chi connectivity index (χ0n) is 13.1. The van der Waals surface area contributed by atoms with Gasteiger partial charge in [-0.25, -0.2) is 0 Å². The van der Waals surface area contributed by atoms with Crippen LogP contribution in [0.1, 0.15) is 5.56 Å². The Morgan fingerprint density at radius 2 is 1.86 bits per heavy atom. The summed E-state index contributed by atoms with van der Waals surface area (Å²) in [5.41, 5.74) is 3.68. The van der Waals surface area contributed by atoms with Crippen LogP contribution in [0, 0.1) is 0 Å². The summed E-state index contributed by atoms with van der Waals surface area (Å²) < 4.78 is 0. The molecule has 0 radical (unpaired) electrons. The van der Waals surface area contributed by atoms with Gasteiger partial charge in [0.1, 0.15) is 11.6 Å². The van der Waals surface area contributed by atoms with Crippen LogP contribution in [-0.4, -0.2) is 49.5 Å². The summed E-state index contributed by atoms with van der Waals surface area (Å²) in [7, 11) is 7.60. The third kappa shape index (κ3) is 4.08. The van der Waals surface area contributed by atoms with Crippen molar-refractivity contribution in [3.05, 3.63) is 35.9 Å². The van der Waals surface area contributed by atoms with Crippen LogP contribution in [-0.2, 0) is 0 Å². The Hall–Kier alpha value is -2.83. The molecule has 0 aliphatic carbocycles. The maximum atomic E-state index is 9.41. The monoisotopic (exact) mass is 300 g/mol. The van der Waals surface area contributed by atoms with Crippen molar-refractivity contribution < 1.29 is 5.11 Å². The van der Waals surface area contributed by atoms with Crippen LogP contribution in [0.2, 0.25) is 0 Å². The van der Waals surface area contributed by atoms with Gasteiger partial charge in [0, 0.05) is 34.3 Å². The van der Waals surface area contributed by atoms with E-state index in [0.29, 0.717) is 11.8 Å². The van der Waals surface area contributed by atoms with Crippen molar-refractivity contribution in [2.45, 2.75) is 0 Å². The first-order chi connectivity index (χ1) is 10.5. The van der Waals surface area contributed by atoms with Gasteiger partial charge in [0.25, 0.3) is 0 Å². The molecule has 0 fully saturated rings. The van der Waals surface area contributed by atoms with Gasteiger partial charge in [0.2, 0.25) is 5.95 Å². The second-order valence-corrected chi connectivity index (χ2v) is 5.17. The Morgan fingerprint density at radius 1 is 1.09 bits per heavy atom. The van der Waals surface area contributed by atoms with Crippen LogP contribution in [0.15, 0.2) is 35.4 Å². The highest BCUT2D eigenvalue weighted by Crippen LogP contribution is 2.17. The molecule has 0 spiro atoms. The van der Waals surface area contributed by atoms with E-state index in [0.717, 1.165) is 11.4 Å². The zero-order valence-corrected chi connectivity index (χ0v) is 13.1. The molecule has 0 aliphatic heterocycles. The number of hydrazone groups is 1. The minimum Gasteiger partial charge on any atom is -0.508 e. The van der Waals surface area contributed by atoms with Gasteiger partial charge in [-0.15, -0.1) is 0 Å². The number of aromatic nitrogens is 2. The maximum Gasteiger partial charge on any atom is 0.228 e. The molecule has 22 heavy (non-hydrogen) atoms. The third-order valence-corrected chi connectivity index (χ3v) is 2.82. The molecule has 2 rings (SSSR count). The van der Waals surface area contributed by atoms with Crippen LogP contribution in [0.25, 0.3) is 0 Å². The minimum absolute atomic E-state index is 0.204. The van der Waals surface area contributed by atoms with Crippen LogP contribution in [0.5, 0.6) is 5.75 Å². The average molecular weight is 300 g/mol. The Labute approximate surface area is 129 Å². The summed E-state index contributed by atoms with van der Waals surface area (Å²) in [6.07, 6.45) is 1.62. The van der Waals surface area contributed by atoms with E-state index in [4.69, 9.17) is 0 Å². The fourth-order valence-electron chi connectivity index (χ4n) is 1.69. The normalized spacial score (nSPS) is 10.7. The van der Waals surface area contributed by atoms with E-state index >= 15 is 0 Å². The summed E-state index contributed by atoms with van der Waals surface area (Å²) in [5, 5.41) is 13.6. The molecule has 1 heterocycles. The molecule has 0 saturated carbocycles. The summed E-state index contributed by atoms with van der Waals surface area (Å²) in [5.74, 6) is 2.18. The van der Waals surface area contributed by atoms with E-state index in [1.807, 2.05) is 50.1 Å². The Morgan fingerprint density at radius 3 is 2.50 bits per heavy atom. The van der Waals surface area contributed by atoms with Crippen LogP contribution in [0.4, 0.5) is 17.6 Å². The lowest BCUT2D eigenvalue weighted by Crippen LogP contribution is -2.17. The highest BCUT2D eigenvalue weighted by Gasteiger charge is 2.07. The molecule has 116 valence electrons. The molecule has 1 aromatic heterocycles. The second-order valence-electron chi connectivity index (χ2n) is 5.17. The highest BCUT2D eigenvalue weighted by atomic mass is 16.3. The fraction of sp³-hybridized carbons (Fsp3) is 0.267. The maximum absolute atomic E-state index is 9.41. The quantitative estimate of drug-likeness (QED) is 0.647. The van der Waals surface area contributed by atoms with E-state index in [9.17, 15) is 5.11 Å². The summed E-state index contributed by atoms with van der Waals surface area (Å²) in [6, 6.07) is 8.66. The van der Waals surface area contributed by atoms with Crippen molar-refractivity contribution in [2.75, 3.05) is 43.4 Å². The van der Waals surface area contributed by atoms with Crippen LogP contribution in [0.3, 0.4) is 0 Å². The number of hydrogen-bond donors (Lipinski definition) is 2.